The molecule has 0 saturated heterocycles. The van der Waals surface area contributed by atoms with Crippen LogP contribution in [-0.2, 0) is 0 Å². The summed E-state index contributed by atoms with van der Waals surface area (Å²) in [5.41, 5.74) is 10.2. The molecular formula is C16H14BrClN2S. The van der Waals surface area contributed by atoms with Crippen LogP contribution in [0.25, 0.3) is 21.7 Å². The molecule has 3 aromatic rings. The maximum absolute atomic E-state index is 5.94. The minimum absolute atomic E-state index is 0. The SMILES string of the molecule is Br.Cc1ccc(-c2sc(N)nc2-c2ccc(Cl)cc2)cc1. The number of nitrogen functional groups attached to an aromatic ring is 1. The van der Waals surface area contributed by atoms with Crippen molar-refractivity contribution in [2.75, 3.05) is 5.73 Å². The first-order valence-corrected chi connectivity index (χ1v) is 7.42. The van der Waals surface area contributed by atoms with Crippen LogP contribution >= 0.6 is 39.9 Å². The van der Waals surface area contributed by atoms with Crippen molar-refractivity contribution in [2.24, 2.45) is 0 Å². The molecule has 0 unspecified atom stereocenters. The van der Waals surface area contributed by atoms with Crippen LogP contribution in [0.3, 0.4) is 0 Å². The summed E-state index contributed by atoms with van der Waals surface area (Å²) in [4.78, 5) is 5.55. The summed E-state index contributed by atoms with van der Waals surface area (Å²) in [6, 6.07) is 16.1. The number of hydrogen-bond donors (Lipinski definition) is 1. The van der Waals surface area contributed by atoms with Gasteiger partial charge in [0.05, 0.1) is 10.6 Å². The summed E-state index contributed by atoms with van der Waals surface area (Å²) in [6.45, 7) is 2.07. The van der Waals surface area contributed by atoms with Crippen molar-refractivity contribution < 1.29 is 0 Å². The first-order valence-electron chi connectivity index (χ1n) is 6.23. The molecule has 1 heterocycles. The molecule has 0 aliphatic carbocycles. The van der Waals surface area contributed by atoms with Gasteiger partial charge in [0.1, 0.15) is 0 Å². The summed E-state index contributed by atoms with van der Waals surface area (Å²) in [7, 11) is 0. The standard InChI is InChI=1S/C16H13ClN2S.BrH/c1-10-2-4-12(5-3-10)15-14(19-16(18)20-15)11-6-8-13(17)9-7-11;/h2-9H,1H3,(H2,18,19);1H. The van der Waals surface area contributed by atoms with Crippen LogP contribution in [0, 0.1) is 6.92 Å². The topological polar surface area (TPSA) is 38.9 Å². The zero-order valence-corrected chi connectivity index (χ0v) is 14.6. The highest BCUT2D eigenvalue weighted by Gasteiger charge is 2.13. The van der Waals surface area contributed by atoms with Crippen LogP contribution in [-0.4, -0.2) is 4.98 Å². The Morgan fingerprint density at radius 3 is 2.14 bits per heavy atom. The molecule has 2 nitrogen and oxygen atoms in total. The highest BCUT2D eigenvalue weighted by atomic mass is 79.9. The Balaban J connectivity index is 0.00000161. The molecule has 0 saturated carbocycles. The lowest BCUT2D eigenvalue weighted by molar-refractivity contribution is 1.41. The molecule has 3 rings (SSSR count). The summed E-state index contributed by atoms with van der Waals surface area (Å²) in [6.07, 6.45) is 0. The van der Waals surface area contributed by atoms with Gasteiger partial charge in [-0.25, -0.2) is 4.98 Å². The second-order valence-electron chi connectivity index (χ2n) is 4.60. The molecule has 0 radical (unpaired) electrons. The second kappa shape index (κ2) is 6.60. The molecule has 0 fully saturated rings. The number of rotatable bonds is 2. The van der Waals surface area contributed by atoms with Crippen molar-refractivity contribution in [3.63, 3.8) is 0 Å². The number of aryl methyl sites for hydroxylation is 1. The lowest BCUT2D eigenvalue weighted by Gasteiger charge is -2.03. The lowest BCUT2D eigenvalue weighted by atomic mass is 10.1. The van der Waals surface area contributed by atoms with E-state index >= 15 is 0 Å². The molecule has 108 valence electrons. The minimum Gasteiger partial charge on any atom is -0.375 e. The van der Waals surface area contributed by atoms with Crippen molar-refractivity contribution in [3.05, 3.63) is 59.1 Å². The van der Waals surface area contributed by atoms with Gasteiger partial charge in [-0.2, -0.15) is 0 Å². The maximum Gasteiger partial charge on any atom is 0.181 e. The van der Waals surface area contributed by atoms with Crippen molar-refractivity contribution >= 4 is 45.1 Å². The first kappa shape index (κ1) is 16.0. The van der Waals surface area contributed by atoms with E-state index in [0.717, 1.165) is 21.7 Å². The molecule has 1 aromatic heterocycles. The second-order valence-corrected chi connectivity index (χ2v) is 6.07. The van der Waals surface area contributed by atoms with Crippen molar-refractivity contribution in [3.8, 4) is 21.7 Å². The molecular weight excluding hydrogens is 368 g/mol. The molecule has 0 aliphatic rings. The lowest BCUT2D eigenvalue weighted by Crippen LogP contribution is -1.84. The van der Waals surface area contributed by atoms with Crippen LogP contribution in [0.4, 0.5) is 5.13 Å². The van der Waals surface area contributed by atoms with Gasteiger partial charge >= 0.3 is 0 Å². The Bertz CT molecular complexity index is 673. The molecule has 2 N–H and O–H groups in total. The van der Waals surface area contributed by atoms with E-state index in [4.69, 9.17) is 17.3 Å². The molecule has 21 heavy (non-hydrogen) atoms. The highest BCUT2D eigenvalue weighted by Crippen LogP contribution is 2.38. The maximum atomic E-state index is 5.94. The molecule has 0 spiro atoms. The van der Waals surface area contributed by atoms with Gasteiger partial charge in [0, 0.05) is 10.6 Å². The van der Waals surface area contributed by atoms with Gasteiger partial charge in [-0.15, -0.1) is 17.0 Å². The van der Waals surface area contributed by atoms with Crippen LogP contribution in [0.2, 0.25) is 5.02 Å². The van der Waals surface area contributed by atoms with Gasteiger partial charge in [0.25, 0.3) is 0 Å². The minimum atomic E-state index is 0. The highest BCUT2D eigenvalue weighted by molar-refractivity contribution is 8.93. The Hall–Kier alpha value is -1.36. The first-order chi connectivity index (χ1) is 9.63. The Kier molecular flexibility index (Phi) is 5.04. The Morgan fingerprint density at radius 2 is 1.52 bits per heavy atom. The van der Waals surface area contributed by atoms with Gasteiger partial charge in [-0.05, 0) is 24.6 Å². The fourth-order valence-electron chi connectivity index (χ4n) is 2.04. The fraction of sp³-hybridized carbons (Fsp3) is 0.0625. The zero-order valence-electron chi connectivity index (χ0n) is 11.3. The van der Waals surface area contributed by atoms with Crippen LogP contribution in [0.1, 0.15) is 5.56 Å². The van der Waals surface area contributed by atoms with E-state index in [2.05, 4.69) is 36.2 Å². The third kappa shape index (κ3) is 3.46. The molecule has 2 aromatic carbocycles. The average molecular weight is 382 g/mol. The normalized spacial score (nSPS) is 10.2. The van der Waals surface area contributed by atoms with Crippen LogP contribution in [0.15, 0.2) is 48.5 Å². The molecule has 0 atom stereocenters. The van der Waals surface area contributed by atoms with E-state index in [1.807, 2.05) is 24.3 Å². The Morgan fingerprint density at radius 1 is 0.952 bits per heavy atom. The number of benzene rings is 2. The van der Waals surface area contributed by atoms with E-state index in [1.54, 1.807) is 0 Å². The predicted molar refractivity (Wildman–Crippen MR) is 97.5 cm³/mol. The number of nitrogens with zero attached hydrogens (tertiary/aromatic N) is 1. The van der Waals surface area contributed by atoms with Gasteiger partial charge < -0.3 is 5.73 Å². The summed E-state index contributed by atoms with van der Waals surface area (Å²) in [5, 5.41) is 1.29. The van der Waals surface area contributed by atoms with E-state index in [1.165, 1.54) is 16.9 Å². The summed E-state index contributed by atoms with van der Waals surface area (Å²) in [5.74, 6) is 0. The van der Waals surface area contributed by atoms with Crippen molar-refractivity contribution in [1.29, 1.82) is 0 Å². The molecule has 5 heteroatoms. The van der Waals surface area contributed by atoms with Crippen LogP contribution < -0.4 is 5.73 Å². The van der Waals surface area contributed by atoms with Gasteiger partial charge in [-0.3, -0.25) is 0 Å². The van der Waals surface area contributed by atoms with E-state index in [0.29, 0.717) is 10.2 Å². The van der Waals surface area contributed by atoms with Gasteiger partial charge in [0.15, 0.2) is 5.13 Å². The molecule has 0 bridgehead atoms. The average Bonchev–Trinajstić information content (AvgIpc) is 2.82. The zero-order chi connectivity index (χ0) is 14.1. The number of thiazole rings is 1. The van der Waals surface area contributed by atoms with E-state index < -0.39 is 0 Å². The number of nitrogens with two attached hydrogens (primary N) is 1. The third-order valence-electron chi connectivity index (χ3n) is 3.08. The number of aromatic nitrogens is 1. The van der Waals surface area contributed by atoms with E-state index in [-0.39, 0.29) is 17.0 Å². The Labute approximate surface area is 143 Å². The van der Waals surface area contributed by atoms with E-state index in [9.17, 15) is 0 Å². The number of halogens is 2. The summed E-state index contributed by atoms with van der Waals surface area (Å²) < 4.78 is 0. The third-order valence-corrected chi connectivity index (χ3v) is 4.26. The van der Waals surface area contributed by atoms with Crippen molar-refractivity contribution in [1.82, 2.24) is 4.98 Å². The van der Waals surface area contributed by atoms with Gasteiger partial charge in [0.2, 0.25) is 0 Å². The van der Waals surface area contributed by atoms with Crippen LogP contribution in [0.5, 0.6) is 0 Å². The van der Waals surface area contributed by atoms with Gasteiger partial charge in [-0.1, -0.05) is 64.9 Å². The smallest absolute Gasteiger partial charge is 0.181 e. The molecule has 0 aliphatic heterocycles. The van der Waals surface area contributed by atoms with Crippen molar-refractivity contribution in [2.45, 2.75) is 6.92 Å². The number of anilines is 1. The monoisotopic (exact) mass is 380 g/mol. The largest absolute Gasteiger partial charge is 0.375 e. The molecule has 0 amide bonds. The quantitative estimate of drug-likeness (QED) is 0.627. The number of hydrogen-bond acceptors (Lipinski definition) is 3. The summed E-state index contributed by atoms with van der Waals surface area (Å²) >= 11 is 7.44. The fourth-order valence-corrected chi connectivity index (χ4v) is 3.03. The predicted octanol–water partition coefficient (Wildman–Crippen LogP) is 5.60.